The van der Waals surface area contributed by atoms with Crippen LogP contribution in [0.15, 0.2) is 28.7 Å². The van der Waals surface area contributed by atoms with Crippen molar-refractivity contribution in [3.8, 4) is 0 Å². The summed E-state index contributed by atoms with van der Waals surface area (Å²) in [4.78, 5) is 12.5. The number of nitrogens with one attached hydrogen (secondary N) is 1. The van der Waals surface area contributed by atoms with Crippen LogP contribution in [0, 0.1) is 5.41 Å². The van der Waals surface area contributed by atoms with Crippen LogP contribution in [0.25, 0.3) is 11.0 Å². The van der Waals surface area contributed by atoms with E-state index < -0.39 is 6.10 Å². The highest BCUT2D eigenvalue weighted by Gasteiger charge is 2.25. The quantitative estimate of drug-likeness (QED) is 0.849. The molecule has 0 saturated heterocycles. The minimum atomic E-state index is -0.638. The molecule has 1 heterocycles. The van der Waals surface area contributed by atoms with Gasteiger partial charge in [-0.05, 0) is 25.3 Å². The maximum Gasteiger partial charge on any atom is 0.287 e. The van der Waals surface area contributed by atoms with Gasteiger partial charge in [0.25, 0.3) is 5.91 Å². The first-order chi connectivity index (χ1) is 11.2. The van der Waals surface area contributed by atoms with E-state index in [1.165, 1.54) is 0 Å². The molecular formula is C19H27NO4. The number of rotatable bonds is 6. The van der Waals surface area contributed by atoms with Crippen LogP contribution < -0.4 is 5.32 Å². The van der Waals surface area contributed by atoms with Crippen molar-refractivity contribution in [3.63, 3.8) is 0 Å². The molecule has 2 N–H and O–H groups in total. The average Bonchev–Trinajstić information content (AvgIpc) is 2.88. The van der Waals surface area contributed by atoms with Crippen LogP contribution in [0.4, 0.5) is 0 Å². The fourth-order valence-corrected chi connectivity index (χ4v) is 2.25. The predicted octanol–water partition coefficient (Wildman–Crippen LogP) is 3.49. The highest BCUT2D eigenvalue weighted by molar-refractivity contribution is 5.99. The number of aliphatic hydroxyl groups is 1. The van der Waals surface area contributed by atoms with Crippen LogP contribution in [0.5, 0.6) is 0 Å². The molecule has 1 aromatic carbocycles. The lowest BCUT2D eigenvalue weighted by atomic mass is 9.89. The molecule has 1 aromatic heterocycles. The molecule has 132 valence electrons. The highest BCUT2D eigenvalue weighted by Crippen LogP contribution is 2.27. The predicted molar refractivity (Wildman–Crippen MR) is 93.9 cm³/mol. The number of para-hydroxylation sites is 1. The summed E-state index contributed by atoms with van der Waals surface area (Å²) < 4.78 is 11.4. The molecule has 0 aliphatic carbocycles. The van der Waals surface area contributed by atoms with Gasteiger partial charge < -0.3 is 19.6 Å². The first-order valence-corrected chi connectivity index (χ1v) is 8.28. The number of furan rings is 1. The Kier molecular flexibility index (Phi) is 5.67. The van der Waals surface area contributed by atoms with Crippen molar-refractivity contribution >= 4 is 16.9 Å². The molecule has 0 aliphatic rings. The Morgan fingerprint density at radius 1 is 1.29 bits per heavy atom. The molecule has 0 saturated carbocycles. The zero-order valence-corrected chi connectivity index (χ0v) is 15.1. The Hall–Kier alpha value is -1.85. The molecule has 1 amide bonds. The first kappa shape index (κ1) is 18.5. The highest BCUT2D eigenvalue weighted by atomic mass is 16.5. The molecule has 2 rings (SSSR count). The van der Waals surface area contributed by atoms with Crippen molar-refractivity contribution < 1.29 is 19.1 Å². The van der Waals surface area contributed by atoms with Crippen molar-refractivity contribution in [1.29, 1.82) is 0 Å². The number of aliphatic hydroxyl groups excluding tert-OH is 1. The maximum atomic E-state index is 12.5. The number of fused-ring (bicyclic) bond motifs is 1. The summed E-state index contributed by atoms with van der Waals surface area (Å²) in [5.74, 6) is -0.0881. The van der Waals surface area contributed by atoms with Gasteiger partial charge in [0, 0.05) is 17.5 Å². The second kappa shape index (κ2) is 7.36. The van der Waals surface area contributed by atoms with Gasteiger partial charge in [-0.15, -0.1) is 0 Å². The van der Waals surface area contributed by atoms with Gasteiger partial charge in [-0.3, -0.25) is 4.79 Å². The second-order valence-corrected chi connectivity index (χ2v) is 7.36. The van der Waals surface area contributed by atoms with Crippen molar-refractivity contribution in [3.05, 3.63) is 35.6 Å². The summed E-state index contributed by atoms with van der Waals surface area (Å²) in [6.45, 7) is 10.1. The molecule has 5 nitrogen and oxygen atoms in total. The third kappa shape index (κ3) is 4.36. The summed E-state index contributed by atoms with van der Waals surface area (Å²) in [7, 11) is 0. The minimum absolute atomic E-state index is 0.0530. The lowest BCUT2D eigenvalue weighted by molar-refractivity contribution is 0.0564. The lowest BCUT2D eigenvalue weighted by Crippen LogP contribution is -2.39. The average molecular weight is 333 g/mol. The lowest BCUT2D eigenvalue weighted by Gasteiger charge is -2.25. The molecular weight excluding hydrogens is 306 g/mol. The second-order valence-electron chi connectivity index (χ2n) is 7.36. The zero-order valence-electron chi connectivity index (χ0n) is 15.1. The van der Waals surface area contributed by atoms with E-state index in [0.717, 1.165) is 10.9 Å². The number of amides is 1. The number of ether oxygens (including phenoxy) is 1. The first-order valence-electron chi connectivity index (χ1n) is 8.28. The summed E-state index contributed by atoms with van der Waals surface area (Å²) >= 11 is 0. The molecule has 2 aromatic rings. The van der Waals surface area contributed by atoms with Gasteiger partial charge in [0.1, 0.15) is 5.58 Å². The molecule has 1 atom stereocenters. The van der Waals surface area contributed by atoms with Crippen LogP contribution in [-0.4, -0.2) is 29.8 Å². The summed E-state index contributed by atoms with van der Waals surface area (Å²) in [5.41, 5.74) is 1.09. The normalized spacial score (nSPS) is 13.5. The minimum Gasteiger partial charge on any atom is -0.451 e. The molecule has 0 spiro atoms. The Labute approximate surface area is 143 Å². The third-order valence-electron chi connectivity index (χ3n) is 3.92. The van der Waals surface area contributed by atoms with Crippen molar-refractivity contribution in [1.82, 2.24) is 5.32 Å². The number of benzene rings is 1. The van der Waals surface area contributed by atoms with E-state index in [9.17, 15) is 9.90 Å². The number of carbonyl (C=O) groups is 1. The summed E-state index contributed by atoms with van der Waals surface area (Å²) in [5, 5.41) is 13.7. The van der Waals surface area contributed by atoms with Crippen LogP contribution >= 0.6 is 0 Å². The molecule has 1 unspecified atom stereocenters. The molecule has 0 aliphatic heterocycles. The Bertz CT molecular complexity index is 697. The third-order valence-corrected chi connectivity index (χ3v) is 3.92. The Morgan fingerprint density at radius 2 is 1.96 bits per heavy atom. The molecule has 5 heteroatoms. The summed E-state index contributed by atoms with van der Waals surface area (Å²) in [6, 6.07) is 7.51. The van der Waals surface area contributed by atoms with Gasteiger partial charge in [-0.2, -0.15) is 0 Å². The topological polar surface area (TPSA) is 71.7 Å². The number of carbonyl (C=O) groups excluding carboxylic acids is 1. The van der Waals surface area contributed by atoms with E-state index in [1.54, 1.807) is 0 Å². The monoisotopic (exact) mass is 333 g/mol. The van der Waals surface area contributed by atoms with E-state index in [1.807, 2.05) is 58.9 Å². The van der Waals surface area contributed by atoms with Gasteiger partial charge in [0.2, 0.25) is 0 Å². The van der Waals surface area contributed by atoms with E-state index in [-0.39, 0.29) is 29.7 Å². The van der Waals surface area contributed by atoms with Gasteiger partial charge in [0.05, 0.1) is 18.8 Å². The van der Waals surface area contributed by atoms with E-state index in [2.05, 4.69) is 5.32 Å². The van der Waals surface area contributed by atoms with E-state index >= 15 is 0 Å². The van der Waals surface area contributed by atoms with Crippen LogP contribution in [0.1, 0.15) is 50.7 Å². The van der Waals surface area contributed by atoms with E-state index in [0.29, 0.717) is 12.2 Å². The Balaban J connectivity index is 2.23. The fourth-order valence-electron chi connectivity index (χ4n) is 2.25. The SMILES string of the molecule is CC(C)OCc1c(C(=O)NCC(O)C(C)(C)C)oc2ccccc12. The largest absolute Gasteiger partial charge is 0.451 e. The standard InChI is InChI=1S/C19H27NO4/c1-12(2)23-11-14-13-8-6-7-9-15(13)24-17(14)18(22)20-10-16(21)19(3,4)5/h6-9,12,16,21H,10-11H2,1-5H3,(H,20,22). The van der Waals surface area contributed by atoms with Gasteiger partial charge >= 0.3 is 0 Å². The Morgan fingerprint density at radius 3 is 2.58 bits per heavy atom. The maximum absolute atomic E-state index is 12.5. The smallest absolute Gasteiger partial charge is 0.287 e. The van der Waals surface area contributed by atoms with Gasteiger partial charge in [0.15, 0.2) is 5.76 Å². The van der Waals surface area contributed by atoms with Gasteiger partial charge in [-0.25, -0.2) is 0 Å². The number of hydrogen-bond acceptors (Lipinski definition) is 4. The summed E-state index contributed by atoms with van der Waals surface area (Å²) in [6.07, 6.45) is -0.585. The molecule has 24 heavy (non-hydrogen) atoms. The molecule has 0 fully saturated rings. The van der Waals surface area contributed by atoms with Crippen LogP contribution in [-0.2, 0) is 11.3 Å². The van der Waals surface area contributed by atoms with Gasteiger partial charge in [-0.1, -0.05) is 39.0 Å². The van der Waals surface area contributed by atoms with Crippen molar-refractivity contribution in [2.45, 2.75) is 53.4 Å². The van der Waals surface area contributed by atoms with Crippen LogP contribution in [0.2, 0.25) is 0 Å². The van der Waals surface area contributed by atoms with Crippen molar-refractivity contribution in [2.24, 2.45) is 5.41 Å². The van der Waals surface area contributed by atoms with Crippen molar-refractivity contribution in [2.75, 3.05) is 6.54 Å². The molecule has 0 radical (unpaired) electrons. The molecule has 0 bridgehead atoms. The van der Waals surface area contributed by atoms with E-state index in [4.69, 9.17) is 9.15 Å². The number of hydrogen-bond donors (Lipinski definition) is 2. The zero-order chi connectivity index (χ0) is 17.9. The van der Waals surface area contributed by atoms with Crippen LogP contribution in [0.3, 0.4) is 0 Å². The fraction of sp³-hybridized carbons (Fsp3) is 0.526.